The molecule has 28 heteroatoms. The molecule has 4 aliphatic heterocycles. The topological polar surface area (TPSA) is 304 Å². The third-order valence-corrected chi connectivity index (χ3v) is 25.2. The molecule has 15 rings (SSSR count). The number of aryl methyl sites for hydroxylation is 4. The molecule has 0 bridgehead atoms. The van der Waals surface area contributed by atoms with Gasteiger partial charge >= 0.3 is 18.0 Å². The van der Waals surface area contributed by atoms with Crippen LogP contribution in [0.1, 0.15) is 175 Å². The molecule has 5 aromatic heterocycles. The highest BCUT2D eigenvalue weighted by molar-refractivity contribution is 7.15. The summed E-state index contributed by atoms with van der Waals surface area (Å²) in [6.45, 7) is 25.6. The quantitative estimate of drug-likeness (QED) is 0.0531. The monoisotopic (exact) mass is 1560 g/mol. The van der Waals surface area contributed by atoms with Crippen molar-refractivity contribution < 1.29 is 56.9 Å². The number of ether oxygens (including phenoxy) is 4. The van der Waals surface area contributed by atoms with Crippen molar-refractivity contribution in [2.24, 2.45) is 38.1 Å². The molecular weight excluding hydrogens is 1470 g/mol. The Hall–Kier alpha value is -9.73. The summed E-state index contributed by atoms with van der Waals surface area (Å²) in [6.07, 6.45) is 4.12. The van der Waals surface area contributed by atoms with Crippen LogP contribution in [0.5, 0.6) is 0 Å². The van der Waals surface area contributed by atoms with Gasteiger partial charge in [-0.1, -0.05) is 85.1 Å². The lowest BCUT2D eigenvalue weighted by molar-refractivity contribution is -0.190. The van der Waals surface area contributed by atoms with Crippen molar-refractivity contribution in [2.45, 2.75) is 158 Å². The number of ketones is 1. The van der Waals surface area contributed by atoms with Gasteiger partial charge in [0.2, 0.25) is 11.8 Å². The summed E-state index contributed by atoms with van der Waals surface area (Å²) in [6, 6.07) is 23.7. The molecule has 0 radical (unpaired) electrons. The van der Waals surface area contributed by atoms with Crippen molar-refractivity contribution in [1.82, 2.24) is 50.8 Å². The fraction of sp³-hybridized carbons (Fsp3) is 0.420. The Bertz CT molecular complexity index is 4900. The third-order valence-electron chi connectivity index (χ3n) is 22.3. The average Bonchev–Trinajstić information content (AvgIpc) is 1.50. The lowest BCUT2D eigenvalue weighted by Gasteiger charge is -2.59. The molecule has 572 valence electrons. The van der Waals surface area contributed by atoms with Crippen molar-refractivity contribution in [3.63, 3.8) is 0 Å². The number of hydrogen-bond acceptors (Lipinski definition) is 20. The molecule has 7 aliphatic rings. The predicted octanol–water partition coefficient (Wildman–Crippen LogP) is 13.8. The number of fused-ring (bicyclic) bond motifs is 10. The molecule has 3 fully saturated rings. The summed E-state index contributed by atoms with van der Waals surface area (Å²) in [5.41, 5.74) is 9.47. The Balaban J connectivity index is 0.000000149. The zero-order valence-corrected chi connectivity index (χ0v) is 67.4. The number of thiophene rings is 2. The van der Waals surface area contributed by atoms with Gasteiger partial charge in [0.15, 0.2) is 17.4 Å². The molecule has 11 atom stereocenters. The van der Waals surface area contributed by atoms with Gasteiger partial charge in [-0.2, -0.15) is 0 Å². The number of nitrogens with zero attached hydrogens (tertiary/aromatic N) is 8. The highest BCUT2D eigenvalue weighted by atomic mass is 35.5. The third kappa shape index (κ3) is 14.2. The number of nitrogens with one attached hydrogen (secondary N) is 4. The molecule has 2 saturated heterocycles. The fourth-order valence-electron chi connectivity index (χ4n) is 16.8. The SMILES string of the molecule is CNC(=O)CC1N=C(c2ccc(Cl)cc2)c2c(sc(C)c2C)-n2c(C)nnc21.CNC(=O)CC1N=C(c2ccc(Cl)cc2)c2c(sc(C)c2C)-n2c(C)nnc21.CNC(=O)OC(C)(C)C.CNC(=O)c1ccc(-c2occc2[C@@H]2C[C@H]3O[C@@H]4[C@@H]5OC(=O)[C@]6(C)C=CC(=O)[C@](C)([C@@H](CC(=O)OC)[C@]4(C)C3=C2C)[C@@H]56)cc1. The van der Waals surface area contributed by atoms with E-state index in [1.54, 1.807) is 68.3 Å². The first kappa shape index (κ1) is 78.8. The summed E-state index contributed by atoms with van der Waals surface area (Å²) in [4.78, 5) is 99.8. The maximum atomic E-state index is 13.9. The summed E-state index contributed by atoms with van der Waals surface area (Å²) in [5, 5.41) is 31.1. The molecule has 2 unspecified atom stereocenters. The maximum absolute atomic E-state index is 13.9. The van der Waals surface area contributed by atoms with Gasteiger partial charge in [-0.3, -0.25) is 47.9 Å². The van der Waals surface area contributed by atoms with Gasteiger partial charge in [0.1, 0.15) is 57.3 Å². The number of esters is 2. The Labute approximate surface area is 650 Å². The van der Waals surface area contributed by atoms with E-state index in [4.69, 9.17) is 56.6 Å². The number of aliphatic imine (C=N–C) groups is 2. The molecule has 109 heavy (non-hydrogen) atoms. The molecule has 3 aliphatic carbocycles. The summed E-state index contributed by atoms with van der Waals surface area (Å²) < 4.78 is 33.1. The molecule has 4 amide bonds. The number of benzene rings is 3. The van der Waals surface area contributed by atoms with Gasteiger partial charge < -0.3 is 44.6 Å². The maximum Gasteiger partial charge on any atom is 0.407 e. The second-order valence-electron chi connectivity index (χ2n) is 29.8. The van der Waals surface area contributed by atoms with Crippen molar-refractivity contribution in [1.29, 1.82) is 0 Å². The molecule has 9 heterocycles. The molecule has 24 nitrogen and oxygen atoms in total. The van der Waals surface area contributed by atoms with Crippen LogP contribution in [-0.4, -0.2) is 142 Å². The van der Waals surface area contributed by atoms with E-state index in [-0.39, 0.29) is 72.5 Å². The minimum Gasteiger partial charge on any atom is -0.469 e. The van der Waals surface area contributed by atoms with Crippen molar-refractivity contribution in [2.75, 3.05) is 35.3 Å². The second kappa shape index (κ2) is 30.6. The van der Waals surface area contributed by atoms with Crippen LogP contribution in [0.4, 0.5) is 4.79 Å². The van der Waals surface area contributed by atoms with Crippen LogP contribution >= 0.6 is 45.9 Å². The van der Waals surface area contributed by atoms with Gasteiger partial charge in [-0.25, -0.2) is 4.79 Å². The molecular formula is C81H90Cl2N12O12S2. The van der Waals surface area contributed by atoms with Crippen LogP contribution in [0.2, 0.25) is 10.0 Å². The van der Waals surface area contributed by atoms with E-state index in [1.807, 2.05) is 124 Å². The number of amides is 4. The average molecular weight is 1560 g/mol. The summed E-state index contributed by atoms with van der Waals surface area (Å²) >= 11 is 15.6. The Morgan fingerprint density at radius 1 is 0.651 bits per heavy atom. The predicted molar refractivity (Wildman–Crippen MR) is 417 cm³/mol. The molecule has 0 spiro atoms. The Morgan fingerprint density at radius 2 is 1.16 bits per heavy atom. The number of carbonyl (C=O) groups excluding carboxylic acids is 7. The lowest BCUT2D eigenvalue weighted by atomic mass is 9.42. The minimum atomic E-state index is -1.06. The Kier molecular flexibility index (Phi) is 22.1. The normalized spacial score (nSPS) is 24.3. The first-order valence-corrected chi connectivity index (χ1v) is 38.4. The largest absolute Gasteiger partial charge is 0.469 e. The van der Waals surface area contributed by atoms with Crippen molar-refractivity contribution >= 4 is 98.8 Å². The number of methoxy groups -OCH3 is 1. The van der Waals surface area contributed by atoms with E-state index >= 15 is 0 Å². The van der Waals surface area contributed by atoms with Crippen LogP contribution < -0.4 is 21.3 Å². The highest BCUT2D eigenvalue weighted by Crippen LogP contribution is 2.72. The number of rotatable bonds is 11. The number of alkyl carbamates (subject to hydrolysis) is 1. The molecule has 4 N–H and O–H groups in total. The fourth-order valence-corrected chi connectivity index (χ4v) is 19.5. The van der Waals surface area contributed by atoms with Crippen LogP contribution in [0.15, 0.2) is 123 Å². The van der Waals surface area contributed by atoms with Gasteiger partial charge in [0, 0.05) is 110 Å². The number of furan rings is 1. The van der Waals surface area contributed by atoms with Gasteiger partial charge in [0.05, 0.1) is 55.6 Å². The number of carbonyl (C=O) groups is 7. The molecule has 1 saturated carbocycles. The van der Waals surface area contributed by atoms with Crippen molar-refractivity contribution in [3.8, 4) is 21.3 Å². The van der Waals surface area contributed by atoms with Gasteiger partial charge in [-0.05, 0) is 154 Å². The summed E-state index contributed by atoms with van der Waals surface area (Å²) in [7, 11) is 7.75. The Morgan fingerprint density at radius 3 is 1.61 bits per heavy atom. The number of hydrogen-bond donors (Lipinski definition) is 4. The first-order chi connectivity index (χ1) is 51.7. The zero-order valence-electron chi connectivity index (χ0n) is 64.2. The van der Waals surface area contributed by atoms with Gasteiger partial charge in [-0.15, -0.1) is 43.1 Å². The van der Waals surface area contributed by atoms with Crippen LogP contribution in [0, 0.1) is 69.6 Å². The summed E-state index contributed by atoms with van der Waals surface area (Å²) in [5.74, 6) is 1.45. The minimum absolute atomic E-state index is 0.0131. The molecule has 8 aromatic rings. The first-order valence-electron chi connectivity index (χ1n) is 36.0. The van der Waals surface area contributed by atoms with E-state index in [0.29, 0.717) is 33.7 Å². The van der Waals surface area contributed by atoms with E-state index in [0.717, 1.165) is 83.4 Å². The smallest absolute Gasteiger partial charge is 0.407 e. The van der Waals surface area contributed by atoms with E-state index in [2.05, 4.69) is 83.2 Å². The van der Waals surface area contributed by atoms with Crippen LogP contribution in [0.25, 0.3) is 21.3 Å². The number of halogens is 2. The van der Waals surface area contributed by atoms with Crippen LogP contribution in [-0.2, 0) is 42.9 Å². The number of allylic oxidation sites excluding steroid dienone is 2. The van der Waals surface area contributed by atoms with Crippen molar-refractivity contribution in [3.05, 3.63) is 196 Å². The van der Waals surface area contributed by atoms with Gasteiger partial charge in [0.25, 0.3) is 5.91 Å². The number of aromatic nitrogens is 6. The van der Waals surface area contributed by atoms with E-state index < -0.39 is 58.3 Å². The standard InChI is InChI=1S/C35H37NO8.2C20H20ClN5OS.C6H13NO2/c1-17-21(20-12-14-42-27(20)18-7-9-19(10-8-18)31(39)36-5)15-22-26(17)35(4)23(16-25(38)41-6)34(3)24(37)11-13-33(2)29(34)28(30(35)43-22)44-32(33)40;2*1-10-11(2)28-20-17(10)18(13-5-7-14(21)8-6-13)23-15(9-16(27)22-4)19-25-24-12(3)26(19)20;1-6(2,3)9-5(8)7-4/h7-14,21-23,28-30H,15-16H2,1-6H3,(H,36,39);2*5-8,15H,9H2,1-4H3,(H,22,27);1-4H3,(H,7,8)/t21-,22-,23-,28-,29+,30-,33-,34+,35-;;;/m1.../s1. The zero-order chi connectivity index (χ0) is 78.8. The van der Waals surface area contributed by atoms with E-state index in [9.17, 15) is 33.6 Å². The highest BCUT2D eigenvalue weighted by Gasteiger charge is 2.78. The molecule has 3 aromatic carbocycles. The van der Waals surface area contributed by atoms with Crippen LogP contribution in [0.3, 0.4) is 0 Å². The second-order valence-corrected chi connectivity index (χ2v) is 33.1. The lowest BCUT2D eigenvalue weighted by Crippen LogP contribution is -2.66. The van der Waals surface area contributed by atoms with E-state index in [1.165, 1.54) is 41.1 Å².